The van der Waals surface area contributed by atoms with Crippen LogP contribution in [-0.4, -0.2) is 60.7 Å². The number of methoxy groups -OCH3 is 2. The minimum atomic E-state index is -0.559. The average Bonchev–Trinajstić information content (AvgIpc) is 3.40. The van der Waals surface area contributed by atoms with E-state index in [1.165, 1.54) is 0 Å². The van der Waals surface area contributed by atoms with Gasteiger partial charge in [0.25, 0.3) is 0 Å². The third kappa shape index (κ3) is 5.50. The van der Waals surface area contributed by atoms with Gasteiger partial charge in [0.05, 0.1) is 20.3 Å². The molecule has 3 rings (SSSR count). The van der Waals surface area contributed by atoms with E-state index < -0.39 is 5.60 Å². The van der Waals surface area contributed by atoms with Crippen LogP contribution in [-0.2, 0) is 4.74 Å². The van der Waals surface area contributed by atoms with E-state index in [1.54, 1.807) is 49.0 Å². The lowest BCUT2D eigenvalue weighted by molar-refractivity contribution is 0.0288. The number of likely N-dealkylation sites (tertiary alicyclic amines) is 1. The second-order valence-corrected chi connectivity index (χ2v) is 8.60. The molecule has 1 aromatic heterocycles. The van der Waals surface area contributed by atoms with Crippen LogP contribution in [0.25, 0.3) is 0 Å². The van der Waals surface area contributed by atoms with Crippen molar-refractivity contribution in [2.45, 2.75) is 38.8 Å². The number of amides is 1. The third-order valence-electron chi connectivity index (χ3n) is 5.10. The third-order valence-corrected chi connectivity index (χ3v) is 5.10. The highest BCUT2D eigenvalue weighted by molar-refractivity contribution is 5.68. The van der Waals surface area contributed by atoms with Crippen LogP contribution >= 0.6 is 0 Å². The van der Waals surface area contributed by atoms with Crippen LogP contribution in [0.2, 0.25) is 0 Å². The molecule has 1 aromatic carbocycles. The summed E-state index contributed by atoms with van der Waals surface area (Å²) in [6.07, 6.45) is 0.344. The molecule has 0 radical (unpaired) electrons. The van der Waals surface area contributed by atoms with E-state index in [9.17, 15) is 10.1 Å². The smallest absolute Gasteiger partial charge is 0.410 e. The molecule has 2 heterocycles. The highest BCUT2D eigenvalue weighted by Crippen LogP contribution is 2.29. The quantitative estimate of drug-likeness (QED) is 0.711. The molecule has 1 N–H and O–H groups in total. The largest absolute Gasteiger partial charge is 0.497 e. The molecule has 1 aliphatic heterocycles. The standard InChI is InChI=1S/C24H29N5O4/c1-24(2,3)33-23(30)28-10-9-17(15-28)29-22(26-4)20(14-25)21(27-29)8-7-16-11-18(31-5)13-19(12-16)32-6/h11-13,17,26H,9-10,15H2,1-6H3. The first-order valence-corrected chi connectivity index (χ1v) is 10.6. The van der Waals surface area contributed by atoms with Gasteiger partial charge in [-0.15, -0.1) is 0 Å². The van der Waals surface area contributed by atoms with Crippen LogP contribution in [0.5, 0.6) is 11.5 Å². The minimum absolute atomic E-state index is 0.0977. The van der Waals surface area contributed by atoms with E-state index in [1.807, 2.05) is 20.8 Å². The lowest BCUT2D eigenvalue weighted by Crippen LogP contribution is -2.35. The number of hydrogen-bond acceptors (Lipinski definition) is 7. The predicted molar refractivity (Wildman–Crippen MR) is 123 cm³/mol. The van der Waals surface area contributed by atoms with Gasteiger partial charge in [-0.2, -0.15) is 10.4 Å². The van der Waals surface area contributed by atoms with Gasteiger partial charge in [0.1, 0.15) is 34.6 Å². The van der Waals surface area contributed by atoms with Crippen molar-refractivity contribution in [1.82, 2.24) is 14.7 Å². The number of nitriles is 1. The number of carbonyl (C=O) groups excluding carboxylic acids is 1. The van der Waals surface area contributed by atoms with Crippen molar-refractivity contribution in [3.63, 3.8) is 0 Å². The van der Waals surface area contributed by atoms with Crippen molar-refractivity contribution in [3.05, 3.63) is 35.0 Å². The number of nitrogens with zero attached hydrogens (tertiary/aromatic N) is 4. The van der Waals surface area contributed by atoms with Crippen LogP contribution in [0.1, 0.15) is 50.1 Å². The molecule has 9 heteroatoms. The monoisotopic (exact) mass is 451 g/mol. The first kappa shape index (κ1) is 23.8. The number of anilines is 1. The Morgan fingerprint density at radius 2 is 1.85 bits per heavy atom. The van der Waals surface area contributed by atoms with Crippen LogP contribution in [0.3, 0.4) is 0 Å². The molecule has 1 amide bonds. The van der Waals surface area contributed by atoms with Gasteiger partial charge in [0.2, 0.25) is 0 Å². The molecule has 33 heavy (non-hydrogen) atoms. The van der Waals surface area contributed by atoms with Crippen molar-refractivity contribution >= 4 is 11.9 Å². The Morgan fingerprint density at radius 3 is 2.39 bits per heavy atom. The SMILES string of the molecule is CNc1c(C#N)c(C#Cc2cc(OC)cc(OC)c2)nn1C1CCN(C(=O)OC(C)(C)C)C1. The molecule has 1 saturated heterocycles. The highest BCUT2D eigenvalue weighted by atomic mass is 16.6. The minimum Gasteiger partial charge on any atom is -0.497 e. The van der Waals surface area contributed by atoms with Gasteiger partial charge >= 0.3 is 6.09 Å². The number of benzene rings is 1. The summed E-state index contributed by atoms with van der Waals surface area (Å²) in [6.45, 7) is 6.51. The number of ether oxygens (including phenoxy) is 3. The molecule has 9 nitrogen and oxygen atoms in total. The topological polar surface area (TPSA) is 102 Å². The summed E-state index contributed by atoms with van der Waals surface area (Å²) in [5.41, 5.74) is 0.832. The van der Waals surface area contributed by atoms with Gasteiger partial charge in [-0.1, -0.05) is 5.92 Å². The van der Waals surface area contributed by atoms with Crippen molar-refractivity contribution in [2.24, 2.45) is 0 Å². The summed E-state index contributed by atoms with van der Waals surface area (Å²) in [7, 11) is 4.88. The van der Waals surface area contributed by atoms with E-state index in [-0.39, 0.29) is 12.1 Å². The molecule has 0 saturated carbocycles. The lowest BCUT2D eigenvalue weighted by atomic mass is 10.2. The Kier molecular flexibility index (Phi) is 7.03. The van der Waals surface area contributed by atoms with E-state index in [4.69, 9.17) is 14.2 Å². The van der Waals surface area contributed by atoms with Crippen molar-refractivity contribution in [3.8, 4) is 29.4 Å². The van der Waals surface area contributed by atoms with Gasteiger partial charge < -0.3 is 24.4 Å². The number of carbonyl (C=O) groups is 1. The zero-order valence-corrected chi connectivity index (χ0v) is 19.9. The molecule has 1 unspecified atom stereocenters. The maximum absolute atomic E-state index is 12.4. The molecular weight excluding hydrogens is 422 g/mol. The predicted octanol–water partition coefficient (Wildman–Crippen LogP) is 3.40. The first-order chi connectivity index (χ1) is 15.7. The van der Waals surface area contributed by atoms with Crippen LogP contribution < -0.4 is 14.8 Å². The second-order valence-electron chi connectivity index (χ2n) is 8.60. The Bertz CT molecular complexity index is 1110. The molecule has 1 fully saturated rings. The zero-order chi connectivity index (χ0) is 24.2. The van der Waals surface area contributed by atoms with Gasteiger partial charge in [0, 0.05) is 31.8 Å². The molecular formula is C24H29N5O4. The Morgan fingerprint density at radius 1 is 1.18 bits per heavy atom. The molecule has 1 atom stereocenters. The van der Waals surface area contributed by atoms with Crippen LogP contribution in [0, 0.1) is 23.2 Å². The number of nitrogens with one attached hydrogen (secondary N) is 1. The fourth-order valence-electron chi connectivity index (χ4n) is 3.58. The summed E-state index contributed by atoms with van der Waals surface area (Å²) in [5.74, 6) is 7.86. The summed E-state index contributed by atoms with van der Waals surface area (Å²) in [4.78, 5) is 14.1. The normalized spacial score (nSPS) is 15.3. The first-order valence-electron chi connectivity index (χ1n) is 10.6. The summed E-state index contributed by atoms with van der Waals surface area (Å²) in [6, 6.07) is 7.43. The maximum atomic E-state index is 12.4. The lowest BCUT2D eigenvalue weighted by Gasteiger charge is -2.24. The summed E-state index contributed by atoms with van der Waals surface area (Å²) in [5, 5.41) is 17.5. The molecule has 1 aliphatic rings. The number of aromatic nitrogens is 2. The Balaban J connectivity index is 1.90. The molecule has 0 aliphatic carbocycles. The van der Waals surface area contributed by atoms with Gasteiger partial charge in [-0.05, 0) is 45.2 Å². The Hall–Kier alpha value is -3.85. The molecule has 0 bridgehead atoms. The van der Waals surface area contributed by atoms with Crippen molar-refractivity contribution < 1.29 is 19.0 Å². The van der Waals surface area contributed by atoms with Crippen LogP contribution in [0.4, 0.5) is 10.6 Å². The van der Waals surface area contributed by atoms with Crippen molar-refractivity contribution in [2.75, 3.05) is 39.7 Å². The van der Waals surface area contributed by atoms with Crippen LogP contribution in [0.15, 0.2) is 18.2 Å². The second kappa shape index (κ2) is 9.74. The van der Waals surface area contributed by atoms with Crippen molar-refractivity contribution in [1.29, 1.82) is 5.26 Å². The number of hydrogen-bond donors (Lipinski definition) is 1. The molecule has 174 valence electrons. The molecule has 0 spiro atoms. The molecule has 2 aromatic rings. The fourth-order valence-corrected chi connectivity index (χ4v) is 3.58. The highest BCUT2D eigenvalue weighted by Gasteiger charge is 2.33. The van der Waals surface area contributed by atoms with E-state index >= 15 is 0 Å². The number of rotatable bonds is 4. The average molecular weight is 452 g/mol. The van der Waals surface area contributed by atoms with E-state index in [2.05, 4.69) is 28.3 Å². The van der Waals surface area contributed by atoms with E-state index in [0.29, 0.717) is 53.6 Å². The van der Waals surface area contributed by atoms with Gasteiger partial charge in [-0.25, -0.2) is 9.48 Å². The fraction of sp³-hybridized carbons (Fsp3) is 0.458. The van der Waals surface area contributed by atoms with Gasteiger partial charge in [0.15, 0.2) is 5.69 Å². The Labute approximate surface area is 194 Å². The summed E-state index contributed by atoms with van der Waals surface area (Å²) < 4.78 is 17.8. The zero-order valence-electron chi connectivity index (χ0n) is 19.9. The maximum Gasteiger partial charge on any atom is 0.410 e. The summed E-state index contributed by atoms with van der Waals surface area (Å²) >= 11 is 0. The van der Waals surface area contributed by atoms with E-state index in [0.717, 1.165) is 0 Å². The van der Waals surface area contributed by atoms with Gasteiger partial charge in [-0.3, -0.25) is 0 Å².